The third kappa shape index (κ3) is 4.73. The molecule has 0 radical (unpaired) electrons. The van der Waals surface area contributed by atoms with Crippen molar-refractivity contribution in [1.29, 1.82) is 0 Å². The van der Waals surface area contributed by atoms with E-state index in [1.807, 2.05) is 0 Å². The van der Waals surface area contributed by atoms with E-state index in [1.165, 1.54) is 0 Å². The van der Waals surface area contributed by atoms with E-state index in [-0.39, 0.29) is 6.54 Å². The van der Waals surface area contributed by atoms with Crippen LogP contribution in [0.25, 0.3) is 0 Å². The van der Waals surface area contributed by atoms with Crippen molar-refractivity contribution in [3.8, 4) is 0 Å². The molecule has 0 aliphatic rings. The Balaban J connectivity index is 2.74. The van der Waals surface area contributed by atoms with Crippen LogP contribution in [0.1, 0.15) is 11.6 Å². The first-order chi connectivity index (χ1) is 9.06. The van der Waals surface area contributed by atoms with Gasteiger partial charge in [0.25, 0.3) is 0 Å². The Morgan fingerprint density at radius 2 is 2.11 bits per heavy atom. The summed E-state index contributed by atoms with van der Waals surface area (Å²) in [7, 11) is 0. The standard InChI is InChI=1S/C13H15ClN2O3/c1-2-7-15-8-11(17)16-12(13(18)19)9-5-3-4-6-10(9)14/h2-6,12,15H,1,7-8H2,(H,16,17)(H,18,19)/t12-/m1/s1. The van der Waals surface area contributed by atoms with E-state index in [0.717, 1.165) is 0 Å². The number of hydrogen-bond acceptors (Lipinski definition) is 3. The maximum absolute atomic E-state index is 11.6. The van der Waals surface area contributed by atoms with Crippen LogP contribution in [0.2, 0.25) is 5.02 Å². The van der Waals surface area contributed by atoms with E-state index in [2.05, 4.69) is 17.2 Å². The van der Waals surface area contributed by atoms with Gasteiger partial charge in [0.1, 0.15) is 0 Å². The number of amides is 1. The lowest BCUT2D eigenvalue weighted by atomic mass is 10.1. The maximum atomic E-state index is 11.6. The number of carbonyl (C=O) groups is 2. The molecule has 6 heteroatoms. The normalized spacial score (nSPS) is 11.6. The minimum Gasteiger partial charge on any atom is -0.479 e. The number of carbonyl (C=O) groups excluding carboxylic acids is 1. The predicted molar refractivity (Wildman–Crippen MR) is 73.0 cm³/mol. The maximum Gasteiger partial charge on any atom is 0.330 e. The molecule has 0 bridgehead atoms. The Kier molecular flexibility index (Phi) is 6.05. The number of carboxylic acid groups (broad SMARTS) is 1. The van der Waals surface area contributed by atoms with Crippen LogP contribution in [-0.4, -0.2) is 30.1 Å². The predicted octanol–water partition coefficient (Wildman–Crippen LogP) is 1.36. The number of halogens is 1. The number of benzene rings is 1. The molecule has 1 aromatic carbocycles. The summed E-state index contributed by atoms with van der Waals surface area (Å²) in [6.45, 7) is 3.98. The number of hydrogen-bond donors (Lipinski definition) is 3. The van der Waals surface area contributed by atoms with Gasteiger partial charge in [0.2, 0.25) is 5.91 Å². The fraction of sp³-hybridized carbons (Fsp3) is 0.231. The van der Waals surface area contributed by atoms with Crippen LogP contribution in [0, 0.1) is 0 Å². The van der Waals surface area contributed by atoms with Gasteiger partial charge in [-0.15, -0.1) is 6.58 Å². The van der Waals surface area contributed by atoms with Crippen molar-refractivity contribution in [3.05, 3.63) is 47.5 Å². The van der Waals surface area contributed by atoms with Gasteiger partial charge in [-0.05, 0) is 6.07 Å². The van der Waals surface area contributed by atoms with Crippen LogP contribution in [-0.2, 0) is 9.59 Å². The topological polar surface area (TPSA) is 78.4 Å². The van der Waals surface area contributed by atoms with Crippen molar-refractivity contribution in [1.82, 2.24) is 10.6 Å². The zero-order chi connectivity index (χ0) is 14.3. The molecule has 1 amide bonds. The molecule has 3 N–H and O–H groups in total. The molecule has 102 valence electrons. The Hall–Kier alpha value is -1.85. The van der Waals surface area contributed by atoms with Crippen molar-refractivity contribution in [3.63, 3.8) is 0 Å². The molecule has 1 atom stereocenters. The fourth-order valence-electron chi connectivity index (χ4n) is 1.48. The highest BCUT2D eigenvalue weighted by molar-refractivity contribution is 6.31. The zero-order valence-electron chi connectivity index (χ0n) is 10.2. The molecule has 0 saturated carbocycles. The third-order valence-electron chi connectivity index (χ3n) is 2.34. The largest absolute Gasteiger partial charge is 0.479 e. The van der Waals surface area contributed by atoms with E-state index in [4.69, 9.17) is 16.7 Å². The van der Waals surface area contributed by atoms with E-state index in [0.29, 0.717) is 17.1 Å². The highest BCUT2D eigenvalue weighted by atomic mass is 35.5. The Morgan fingerprint density at radius 1 is 1.42 bits per heavy atom. The molecule has 0 fully saturated rings. The highest BCUT2D eigenvalue weighted by Gasteiger charge is 2.23. The molecule has 1 aromatic rings. The Labute approximate surface area is 116 Å². The van der Waals surface area contributed by atoms with Crippen molar-refractivity contribution < 1.29 is 14.7 Å². The first-order valence-corrected chi connectivity index (χ1v) is 6.02. The van der Waals surface area contributed by atoms with Gasteiger partial charge >= 0.3 is 5.97 Å². The Morgan fingerprint density at radius 3 is 2.68 bits per heavy atom. The first-order valence-electron chi connectivity index (χ1n) is 5.64. The molecule has 0 aliphatic heterocycles. The van der Waals surface area contributed by atoms with E-state index in [1.54, 1.807) is 30.3 Å². The number of rotatable bonds is 7. The summed E-state index contributed by atoms with van der Waals surface area (Å²) in [4.78, 5) is 22.8. The quantitative estimate of drug-likeness (QED) is 0.521. The van der Waals surface area contributed by atoms with Gasteiger partial charge in [-0.1, -0.05) is 35.9 Å². The van der Waals surface area contributed by atoms with E-state index >= 15 is 0 Å². The summed E-state index contributed by atoms with van der Waals surface area (Å²) in [5.41, 5.74) is 0.355. The first kappa shape index (κ1) is 15.2. The van der Waals surface area contributed by atoms with Crippen LogP contribution in [0.3, 0.4) is 0 Å². The lowest BCUT2D eigenvalue weighted by Gasteiger charge is -2.16. The second kappa shape index (κ2) is 7.56. The van der Waals surface area contributed by atoms with E-state index in [9.17, 15) is 9.59 Å². The molecule has 0 spiro atoms. The summed E-state index contributed by atoms with van der Waals surface area (Å²) in [6.07, 6.45) is 1.61. The second-order valence-corrected chi connectivity index (χ2v) is 4.19. The number of nitrogens with one attached hydrogen (secondary N) is 2. The SMILES string of the molecule is C=CCNCC(=O)N[C@@H](C(=O)O)c1ccccc1Cl. The van der Waals surface area contributed by atoms with E-state index < -0.39 is 17.9 Å². The van der Waals surface area contributed by atoms with Gasteiger partial charge in [-0.25, -0.2) is 4.79 Å². The van der Waals surface area contributed by atoms with Crippen molar-refractivity contribution in [2.24, 2.45) is 0 Å². The van der Waals surface area contributed by atoms with Crippen LogP contribution in [0.5, 0.6) is 0 Å². The van der Waals surface area contributed by atoms with Gasteiger partial charge in [-0.3, -0.25) is 4.79 Å². The number of aliphatic carboxylic acids is 1. The molecular weight excluding hydrogens is 268 g/mol. The molecular formula is C13H15ClN2O3. The molecule has 1 rings (SSSR count). The average Bonchev–Trinajstić information content (AvgIpc) is 2.37. The monoisotopic (exact) mass is 282 g/mol. The smallest absolute Gasteiger partial charge is 0.330 e. The molecule has 19 heavy (non-hydrogen) atoms. The van der Waals surface area contributed by atoms with Crippen LogP contribution in [0.4, 0.5) is 0 Å². The van der Waals surface area contributed by atoms with Crippen LogP contribution < -0.4 is 10.6 Å². The summed E-state index contributed by atoms with van der Waals surface area (Å²) in [5, 5.41) is 14.7. The fourth-order valence-corrected chi connectivity index (χ4v) is 1.73. The lowest BCUT2D eigenvalue weighted by molar-refractivity contribution is -0.141. The molecule has 0 unspecified atom stereocenters. The molecule has 5 nitrogen and oxygen atoms in total. The summed E-state index contributed by atoms with van der Waals surface area (Å²) in [5.74, 6) is -1.58. The second-order valence-electron chi connectivity index (χ2n) is 3.78. The van der Waals surface area contributed by atoms with Crippen molar-refractivity contribution in [2.45, 2.75) is 6.04 Å². The van der Waals surface area contributed by atoms with Gasteiger partial charge < -0.3 is 15.7 Å². The van der Waals surface area contributed by atoms with Crippen LogP contribution in [0.15, 0.2) is 36.9 Å². The molecule has 0 saturated heterocycles. The lowest BCUT2D eigenvalue weighted by Crippen LogP contribution is -2.39. The average molecular weight is 283 g/mol. The number of carboxylic acids is 1. The van der Waals surface area contributed by atoms with Crippen molar-refractivity contribution >= 4 is 23.5 Å². The summed E-state index contributed by atoms with van der Waals surface area (Å²) < 4.78 is 0. The van der Waals surface area contributed by atoms with Crippen LogP contribution >= 0.6 is 11.6 Å². The highest BCUT2D eigenvalue weighted by Crippen LogP contribution is 2.22. The molecule has 0 aliphatic carbocycles. The van der Waals surface area contributed by atoms with Gasteiger partial charge in [0.05, 0.1) is 6.54 Å². The molecule has 0 aromatic heterocycles. The van der Waals surface area contributed by atoms with Gasteiger partial charge in [0, 0.05) is 17.1 Å². The molecule has 0 heterocycles. The summed E-state index contributed by atoms with van der Waals surface area (Å²) in [6, 6.07) is 5.34. The minimum atomic E-state index is -1.16. The van der Waals surface area contributed by atoms with Crippen molar-refractivity contribution in [2.75, 3.05) is 13.1 Å². The minimum absolute atomic E-state index is 0.0141. The van der Waals surface area contributed by atoms with Gasteiger partial charge in [0.15, 0.2) is 6.04 Å². The summed E-state index contributed by atoms with van der Waals surface area (Å²) >= 11 is 5.93. The van der Waals surface area contributed by atoms with Gasteiger partial charge in [-0.2, -0.15) is 0 Å². The zero-order valence-corrected chi connectivity index (χ0v) is 11.0. The Bertz CT molecular complexity index is 477. The third-order valence-corrected chi connectivity index (χ3v) is 2.69.